The zero-order valence-electron chi connectivity index (χ0n) is 17.9. The second-order valence-electron chi connectivity index (χ2n) is 7.43. The fourth-order valence-corrected chi connectivity index (χ4v) is 4.66. The van der Waals surface area contributed by atoms with Crippen molar-refractivity contribution in [2.45, 2.75) is 11.2 Å². The Kier molecular flexibility index (Phi) is 7.10. The molecule has 1 aromatic heterocycles. The molecule has 0 bridgehead atoms. The quantitative estimate of drug-likeness (QED) is 0.517. The van der Waals surface area contributed by atoms with Gasteiger partial charge >= 0.3 is 0 Å². The lowest BCUT2D eigenvalue weighted by atomic mass is 10.1. The van der Waals surface area contributed by atoms with Crippen molar-refractivity contribution in [3.8, 4) is 17.5 Å². The van der Waals surface area contributed by atoms with Crippen LogP contribution in [0.4, 0.5) is 0 Å². The number of aromatic nitrogens is 2. The molecule has 0 aliphatic carbocycles. The summed E-state index contributed by atoms with van der Waals surface area (Å²) in [7, 11) is 1.64. The Morgan fingerprint density at radius 1 is 1.12 bits per heavy atom. The van der Waals surface area contributed by atoms with Crippen LogP contribution in [0, 0.1) is 11.3 Å². The van der Waals surface area contributed by atoms with E-state index in [1.165, 1.54) is 11.8 Å². The maximum absolute atomic E-state index is 12.8. The molecule has 3 aromatic rings. The maximum atomic E-state index is 12.8. The first-order chi connectivity index (χ1) is 15.7. The van der Waals surface area contributed by atoms with Crippen LogP contribution in [0.25, 0.3) is 5.69 Å². The highest BCUT2D eigenvalue weighted by Gasteiger charge is 2.27. The van der Waals surface area contributed by atoms with Crippen molar-refractivity contribution < 1.29 is 9.53 Å². The molecular formula is C24H25N5O2S. The predicted octanol–water partition coefficient (Wildman–Crippen LogP) is 3.38. The second-order valence-corrected chi connectivity index (χ2v) is 8.37. The highest BCUT2D eigenvalue weighted by Crippen LogP contribution is 2.24. The molecule has 7 nitrogen and oxygen atoms in total. The molecule has 1 fully saturated rings. The maximum Gasteiger partial charge on any atom is 0.233 e. The van der Waals surface area contributed by atoms with Gasteiger partial charge < -0.3 is 9.64 Å². The first-order valence-corrected chi connectivity index (χ1v) is 11.4. The van der Waals surface area contributed by atoms with Crippen molar-refractivity contribution in [3.63, 3.8) is 0 Å². The molecule has 0 radical (unpaired) electrons. The predicted molar refractivity (Wildman–Crippen MR) is 124 cm³/mol. The highest BCUT2D eigenvalue weighted by molar-refractivity contribution is 7.99. The number of carbonyl (C=O) groups is 1. The van der Waals surface area contributed by atoms with E-state index in [0.29, 0.717) is 31.9 Å². The summed E-state index contributed by atoms with van der Waals surface area (Å²) in [5.74, 6) is 1.21. The van der Waals surface area contributed by atoms with Crippen LogP contribution in [-0.2, 0) is 4.79 Å². The topological polar surface area (TPSA) is 74.4 Å². The van der Waals surface area contributed by atoms with E-state index >= 15 is 0 Å². The summed E-state index contributed by atoms with van der Waals surface area (Å²) < 4.78 is 7.18. The van der Waals surface area contributed by atoms with Crippen LogP contribution in [0.15, 0.2) is 72.1 Å². The van der Waals surface area contributed by atoms with E-state index in [-0.39, 0.29) is 11.9 Å². The largest absolute Gasteiger partial charge is 0.497 e. The molecular weight excluding hydrogens is 422 g/mol. The molecule has 2 aromatic carbocycles. The lowest BCUT2D eigenvalue weighted by molar-refractivity contribution is -0.130. The Hall–Kier alpha value is -3.28. The van der Waals surface area contributed by atoms with Crippen LogP contribution in [0.1, 0.15) is 11.6 Å². The van der Waals surface area contributed by atoms with Gasteiger partial charge in [0, 0.05) is 44.3 Å². The highest BCUT2D eigenvalue weighted by atomic mass is 32.2. The average molecular weight is 448 g/mol. The molecule has 8 heteroatoms. The smallest absolute Gasteiger partial charge is 0.233 e. The normalized spacial score (nSPS) is 15.2. The molecule has 32 heavy (non-hydrogen) atoms. The third-order valence-corrected chi connectivity index (χ3v) is 6.50. The summed E-state index contributed by atoms with van der Waals surface area (Å²) >= 11 is 1.43. The van der Waals surface area contributed by atoms with Gasteiger partial charge in [-0.25, -0.2) is 4.98 Å². The van der Waals surface area contributed by atoms with E-state index in [9.17, 15) is 10.1 Å². The average Bonchev–Trinajstić information content (AvgIpc) is 3.33. The van der Waals surface area contributed by atoms with Crippen molar-refractivity contribution in [1.29, 1.82) is 5.26 Å². The number of amides is 1. The third-order valence-electron chi connectivity index (χ3n) is 5.55. The monoisotopic (exact) mass is 447 g/mol. The van der Waals surface area contributed by atoms with Crippen LogP contribution in [0.3, 0.4) is 0 Å². The number of carbonyl (C=O) groups excluding carboxylic acids is 1. The number of ether oxygens (including phenoxy) is 1. The van der Waals surface area contributed by atoms with E-state index in [1.807, 2.05) is 70.3 Å². The number of thioether (sulfide) groups is 1. The standard InChI is InChI=1S/C24H25N5O2S/c1-31-21-9-7-20(8-10-21)29-12-11-26-24(29)32-18-23(30)28-15-13-27(14-16-28)22(17-25)19-5-3-2-4-6-19/h2-12,22H,13-16,18H2,1H3. The van der Waals surface area contributed by atoms with Crippen LogP contribution < -0.4 is 4.74 Å². The summed E-state index contributed by atoms with van der Waals surface area (Å²) in [4.78, 5) is 21.2. The van der Waals surface area contributed by atoms with Gasteiger partial charge in [-0.15, -0.1) is 0 Å². The van der Waals surface area contributed by atoms with Crippen LogP contribution in [0.2, 0.25) is 0 Å². The Morgan fingerprint density at radius 2 is 1.84 bits per heavy atom. The fraction of sp³-hybridized carbons (Fsp3) is 0.292. The number of benzene rings is 2. The lowest BCUT2D eigenvalue weighted by Gasteiger charge is -2.37. The van der Waals surface area contributed by atoms with Crippen molar-refractivity contribution in [2.75, 3.05) is 39.0 Å². The molecule has 0 spiro atoms. The third kappa shape index (κ3) is 4.96. The molecule has 1 amide bonds. The molecule has 2 heterocycles. The summed E-state index contributed by atoms with van der Waals surface area (Å²) in [5, 5.41) is 10.4. The van der Waals surface area contributed by atoms with Gasteiger partial charge in [0.2, 0.25) is 5.91 Å². The van der Waals surface area contributed by atoms with E-state index in [0.717, 1.165) is 22.2 Å². The van der Waals surface area contributed by atoms with E-state index in [4.69, 9.17) is 4.74 Å². The zero-order valence-corrected chi connectivity index (χ0v) is 18.7. The molecule has 1 atom stereocenters. The van der Waals surface area contributed by atoms with Gasteiger partial charge in [0.05, 0.1) is 18.9 Å². The summed E-state index contributed by atoms with van der Waals surface area (Å²) in [5.41, 5.74) is 1.96. The molecule has 0 N–H and O–H groups in total. The number of rotatable bonds is 7. The van der Waals surface area contributed by atoms with Gasteiger partial charge in [0.1, 0.15) is 11.8 Å². The zero-order chi connectivity index (χ0) is 22.3. The van der Waals surface area contributed by atoms with Crippen LogP contribution in [0.5, 0.6) is 5.75 Å². The Balaban J connectivity index is 1.32. The molecule has 4 rings (SSSR count). The van der Waals surface area contributed by atoms with Gasteiger partial charge in [0.25, 0.3) is 0 Å². The van der Waals surface area contributed by atoms with Gasteiger partial charge in [-0.3, -0.25) is 14.3 Å². The number of nitrogens with zero attached hydrogens (tertiary/aromatic N) is 5. The van der Waals surface area contributed by atoms with Gasteiger partial charge in [0.15, 0.2) is 5.16 Å². The number of hydrogen-bond acceptors (Lipinski definition) is 6. The summed E-state index contributed by atoms with van der Waals surface area (Å²) in [6.45, 7) is 2.61. The number of hydrogen-bond donors (Lipinski definition) is 0. The van der Waals surface area contributed by atoms with Gasteiger partial charge in [-0.05, 0) is 29.8 Å². The fourth-order valence-electron chi connectivity index (χ4n) is 3.79. The van der Waals surface area contributed by atoms with Gasteiger partial charge in [-0.1, -0.05) is 42.1 Å². The Bertz CT molecular complexity index is 1070. The molecule has 1 aliphatic rings. The molecule has 164 valence electrons. The van der Waals surface area contributed by atoms with Crippen molar-refractivity contribution >= 4 is 17.7 Å². The first kappa shape index (κ1) is 21.9. The molecule has 1 aliphatic heterocycles. The van der Waals surface area contributed by atoms with Crippen molar-refractivity contribution in [3.05, 3.63) is 72.6 Å². The van der Waals surface area contributed by atoms with E-state index < -0.39 is 0 Å². The van der Waals surface area contributed by atoms with E-state index in [2.05, 4.69) is 16.0 Å². The number of nitriles is 1. The minimum Gasteiger partial charge on any atom is -0.497 e. The first-order valence-electron chi connectivity index (χ1n) is 10.5. The number of methoxy groups -OCH3 is 1. The van der Waals surface area contributed by atoms with Gasteiger partial charge in [-0.2, -0.15) is 5.26 Å². The number of piperazine rings is 1. The SMILES string of the molecule is COc1ccc(-n2ccnc2SCC(=O)N2CCN(C(C#N)c3ccccc3)CC2)cc1. The minimum atomic E-state index is -0.278. The molecule has 0 saturated carbocycles. The van der Waals surface area contributed by atoms with Crippen molar-refractivity contribution in [1.82, 2.24) is 19.4 Å². The molecule has 1 saturated heterocycles. The summed E-state index contributed by atoms with van der Waals surface area (Å²) in [6.07, 6.45) is 3.63. The minimum absolute atomic E-state index is 0.0900. The Labute approximate surface area is 192 Å². The van der Waals surface area contributed by atoms with Crippen LogP contribution >= 0.6 is 11.8 Å². The lowest BCUT2D eigenvalue weighted by Crippen LogP contribution is -2.50. The van der Waals surface area contributed by atoms with Crippen LogP contribution in [-0.4, -0.2) is 64.3 Å². The number of imidazole rings is 1. The van der Waals surface area contributed by atoms with Crippen molar-refractivity contribution in [2.24, 2.45) is 0 Å². The second kappa shape index (κ2) is 10.4. The van der Waals surface area contributed by atoms with E-state index in [1.54, 1.807) is 13.3 Å². The summed E-state index contributed by atoms with van der Waals surface area (Å²) in [6, 6.07) is 19.7. The molecule has 1 unspecified atom stereocenters. The Morgan fingerprint density at radius 3 is 2.50 bits per heavy atom.